The van der Waals surface area contributed by atoms with Gasteiger partial charge in [0.2, 0.25) is 11.6 Å². The Bertz CT molecular complexity index is 2060. The van der Waals surface area contributed by atoms with Crippen molar-refractivity contribution in [2.75, 3.05) is 0 Å². The van der Waals surface area contributed by atoms with Crippen molar-refractivity contribution in [1.82, 2.24) is 50.4 Å². The summed E-state index contributed by atoms with van der Waals surface area (Å²) in [5.41, 5.74) is 1.56. The molecule has 1 saturated heterocycles. The summed E-state index contributed by atoms with van der Waals surface area (Å²) < 4.78 is 39.8. The second-order valence-corrected chi connectivity index (χ2v) is 12.9. The van der Waals surface area contributed by atoms with Crippen LogP contribution in [0, 0.1) is 11.6 Å². The number of rotatable bonds is 4. The van der Waals surface area contributed by atoms with E-state index >= 15 is 0 Å². The van der Waals surface area contributed by atoms with Crippen molar-refractivity contribution < 1.29 is 28.3 Å². The predicted molar refractivity (Wildman–Crippen MR) is 183 cm³/mol. The van der Waals surface area contributed by atoms with Crippen molar-refractivity contribution in [1.29, 1.82) is 0 Å². The van der Waals surface area contributed by atoms with Crippen LogP contribution in [0.15, 0.2) is 77.5 Å². The minimum absolute atomic E-state index is 0.109. The molecule has 2 aromatic carbocycles. The molecule has 50 heavy (non-hydrogen) atoms. The van der Waals surface area contributed by atoms with E-state index in [4.69, 9.17) is 14.4 Å². The molecule has 0 unspecified atom stereocenters. The first-order valence-electron chi connectivity index (χ1n) is 15.0. The molecule has 0 atom stereocenters. The molecule has 0 spiro atoms. The van der Waals surface area contributed by atoms with Crippen molar-refractivity contribution in [2.24, 2.45) is 14.1 Å². The summed E-state index contributed by atoms with van der Waals surface area (Å²) in [6, 6.07) is 15.1. The Hall–Kier alpha value is -5.20. The number of aryl methyl sites for hydroxylation is 2. The summed E-state index contributed by atoms with van der Waals surface area (Å²) in [4.78, 5) is 11.1. The fourth-order valence-electron chi connectivity index (χ4n) is 4.38. The molecular weight excluding hydrogens is 717 g/mol. The lowest BCUT2D eigenvalue weighted by Gasteiger charge is -2.32. The average Bonchev–Trinajstić information content (AvgIpc) is 3.75. The normalized spacial score (nSPS) is 14.4. The number of phenolic OH excluding ortho intramolecular Hbond substituents is 2. The van der Waals surface area contributed by atoms with Crippen LogP contribution in [0.4, 0.5) is 8.78 Å². The predicted octanol–water partition coefficient (Wildman–Crippen LogP) is 4.65. The van der Waals surface area contributed by atoms with E-state index in [0.717, 1.165) is 22.3 Å². The zero-order chi connectivity index (χ0) is 36.2. The van der Waals surface area contributed by atoms with Crippen molar-refractivity contribution in [3.63, 3.8) is 0 Å². The summed E-state index contributed by atoms with van der Waals surface area (Å²) in [7, 11) is 2.65. The smallest absolute Gasteiger partial charge is 0.497 e. The maximum atomic E-state index is 13.7. The van der Waals surface area contributed by atoms with Crippen molar-refractivity contribution in [2.45, 2.75) is 38.9 Å². The van der Waals surface area contributed by atoms with Gasteiger partial charge in [-0.3, -0.25) is 9.97 Å². The third-order valence-electron chi connectivity index (χ3n) is 7.72. The molecule has 0 aliphatic carbocycles. The fraction of sp³-hybridized carbons (Fsp3) is 0.250. The zero-order valence-corrected chi connectivity index (χ0v) is 29.4. The van der Waals surface area contributed by atoms with Crippen LogP contribution < -0.4 is 5.46 Å². The molecule has 0 saturated carbocycles. The lowest BCUT2D eigenvalue weighted by Crippen LogP contribution is -2.41. The molecule has 0 bridgehead atoms. The number of phenols is 2. The Balaban J connectivity index is 0.000000149. The third-order valence-corrected chi connectivity index (χ3v) is 8.19. The van der Waals surface area contributed by atoms with Gasteiger partial charge in [0, 0.05) is 45.6 Å². The topological polar surface area (TPSA) is 172 Å². The molecule has 1 fully saturated rings. The quantitative estimate of drug-likeness (QED) is 0.240. The number of halogens is 3. The first-order chi connectivity index (χ1) is 23.6. The van der Waals surface area contributed by atoms with E-state index in [2.05, 4.69) is 56.7 Å². The fourth-order valence-corrected chi connectivity index (χ4v) is 4.62. The molecule has 18 heteroatoms. The van der Waals surface area contributed by atoms with Gasteiger partial charge in [-0.25, -0.2) is 8.78 Å². The average molecular weight is 749 g/mol. The molecule has 5 heterocycles. The number of benzene rings is 2. The second-order valence-electron chi connectivity index (χ2n) is 12.0. The van der Waals surface area contributed by atoms with Crippen molar-refractivity contribution in [3.05, 3.63) is 89.2 Å². The molecule has 7 rings (SSSR count). The molecule has 1 aliphatic heterocycles. The van der Waals surface area contributed by atoms with E-state index in [0.29, 0.717) is 33.9 Å². The number of tetrazole rings is 2. The SMILES string of the molecule is CC1(C)OB(c2ccc(O)cc2F)OC1(C)C.Cn1nnc(-c2ccc(-c3ccc(O)cc3F)cn2)n1.Cn1nnc(-c2ccc(Br)cn2)n1. The minimum atomic E-state index is -0.736. The second kappa shape index (κ2) is 14.7. The Kier molecular flexibility index (Phi) is 10.6. The number of nitrogens with zero attached hydrogens (tertiary/aromatic N) is 10. The lowest BCUT2D eigenvalue weighted by atomic mass is 9.78. The van der Waals surface area contributed by atoms with Gasteiger partial charge >= 0.3 is 7.12 Å². The Morgan fingerprint density at radius 2 is 1.22 bits per heavy atom. The highest BCUT2D eigenvalue weighted by molar-refractivity contribution is 9.10. The van der Waals surface area contributed by atoms with Crippen LogP contribution in [-0.4, -0.2) is 78.9 Å². The van der Waals surface area contributed by atoms with Crippen molar-refractivity contribution >= 4 is 28.5 Å². The van der Waals surface area contributed by atoms with Gasteiger partial charge in [-0.2, -0.15) is 9.59 Å². The monoisotopic (exact) mass is 748 g/mol. The van der Waals surface area contributed by atoms with Gasteiger partial charge in [-0.15, -0.1) is 20.4 Å². The summed E-state index contributed by atoms with van der Waals surface area (Å²) >= 11 is 3.30. The molecule has 0 amide bonds. The summed E-state index contributed by atoms with van der Waals surface area (Å²) in [6.07, 6.45) is 3.23. The highest BCUT2D eigenvalue weighted by atomic mass is 79.9. The van der Waals surface area contributed by atoms with E-state index in [1.165, 1.54) is 40.1 Å². The van der Waals surface area contributed by atoms with E-state index in [-0.39, 0.29) is 11.5 Å². The highest BCUT2D eigenvalue weighted by Gasteiger charge is 2.52. The molecule has 1 aliphatic rings. The van der Waals surface area contributed by atoms with Crippen molar-refractivity contribution in [3.8, 4) is 45.7 Å². The van der Waals surface area contributed by atoms with E-state index in [1.807, 2.05) is 39.8 Å². The Morgan fingerprint density at radius 3 is 1.66 bits per heavy atom. The van der Waals surface area contributed by atoms with E-state index < -0.39 is 30.0 Å². The van der Waals surface area contributed by atoms with Crippen LogP contribution in [-0.2, 0) is 23.4 Å². The van der Waals surface area contributed by atoms with E-state index in [9.17, 15) is 13.9 Å². The lowest BCUT2D eigenvalue weighted by molar-refractivity contribution is 0.00578. The third kappa shape index (κ3) is 8.50. The van der Waals surface area contributed by atoms with Gasteiger partial charge in [-0.05, 0) is 90.4 Å². The highest BCUT2D eigenvalue weighted by Crippen LogP contribution is 2.36. The Morgan fingerprint density at radius 1 is 0.700 bits per heavy atom. The summed E-state index contributed by atoms with van der Waals surface area (Å²) in [6.45, 7) is 7.63. The molecule has 0 radical (unpaired) electrons. The minimum Gasteiger partial charge on any atom is -0.508 e. The standard InChI is InChI=1S/C13H10FN5O.C12H16BFO3.C7H6BrN5/c1-19-17-13(16-18-19)12-5-2-8(7-15-12)10-4-3-9(20)6-11(10)14;1-11(2)12(3,4)17-13(16-11)9-6-5-8(15)7-10(9)14;1-13-11-7(10-12-13)6-3-2-5(8)4-9-6/h2-7,20H,1H3;5-7,15H,1-4H3;2-4H,1H3. The first kappa shape index (κ1) is 36.1. The number of pyridine rings is 2. The maximum absolute atomic E-state index is 13.7. The van der Waals surface area contributed by atoms with Crippen LogP contribution in [0.2, 0.25) is 0 Å². The van der Waals surface area contributed by atoms with Crippen LogP contribution in [0.5, 0.6) is 11.5 Å². The largest absolute Gasteiger partial charge is 0.508 e. The van der Waals surface area contributed by atoms with Gasteiger partial charge in [-0.1, -0.05) is 12.1 Å². The molecule has 4 aromatic heterocycles. The first-order valence-corrected chi connectivity index (χ1v) is 15.8. The molecular formula is C32H32BBrF2N10O4. The molecule has 258 valence electrons. The zero-order valence-electron chi connectivity index (χ0n) is 27.8. The van der Waals surface area contributed by atoms with Gasteiger partial charge < -0.3 is 19.5 Å². The van der Waals surface area contributed by atoms with Crippen LogP contribution in [0.3, 0.4) is 0 Å². The number of hydrogen-bond acceptors (Lipinski definition) is 12. The van der Waals surface area contributed by atoms with Gasteiger partial charge in [0.1, 0.15) is 34.5 Å². The van der Waals surface area contributed by atoms with Crippen LogP contribution >= 0.6 is 15.9 Å². The number of aromatic nitrogens is 10. The van der Waals surface area contributed by atoms with Gasteiger partial charge in [0.05, 0.1) is 25.3 Å². The molecule has 2 N–H and O–H groups in total. The number of aromatic hydroxyl groups is 2. The van der Waals surface area contributed by atoms with E-state index in [1.54, 1.807) is 32.4 Å². The van der Waals surface area contributed by atoms with Gasteiger partial charge in [0.25, 0.3) is 0 Å². The maximum Gasteiger partial charge on any atom is 0.497 e. The summed E-state index contributed by atoms with van der Waals surface area (Å²) in [5, 5.41) is 41.6. The van der Waals surface area contributed by atoms with Gasteiger partial charge in [0.15, 0.2) is 0 Å². The Labute approximate surface area is 294 Å². The van der Waals surface area contributed by atoms with Crippen LogP contribution in [0.1, 0.15) is 27.7 Å². The van der Waals surface area contributed by atoms with Crippen LogP contribution in [0.25, 0.3) is 34.2 Å². The summed E-state index contributed by atoms with van der Waals surface area (Å²) in [5.74, 6) is -0.303. The molecule has 6 aromatic rings. The molecule has 14 nitrogen and oxygen atoms in total. The number of hydrogen-bond donors (Lipinski definition) is 2.